The molecule has 7 nitrogen and oxygen atoms in total. The van der Waals surface area contributed by atoms with Crippen molar-refractivity contribution in [3.8, 4) is 0 Å². The van der Waals surface area contributed by atoms with Gasteiger partial charge < -0.3 is 11.1 Å². The van der Waals surface area contributed by atoms with Crippen molar-refractivity contribution in [3.63, 3.8) is 0 Å². The van der Waals surface area contributed by atoms with Gasteiger partial charge in [-0.25, -0.2) is 14.4 Å². The van der Waals surface area contributed by atoms with E-state index in [4.69, 9.17) is 5.73 Å². The van der Waals surface area contributed by atoms with Crippen molar-refractivity contribution in [3.05, 3.63) is 101 Å². The number of carbonyl (C=O) groups excluding carboxylic acids is 1. The highest BCUT2D eigenvalue weighted by molar-refractivity contribution is 6.10. The van der Waals surface area contributed by atoms with Gasteiger partial charge in [0.15, 0.2) is 5.65 Å². The minimum absolute atomic E-state index is 0.0788. The number of para-hydroxylation sites is 2. The first kappa shape index (κ1) is 21.3. The summed E-state index contributed by atoms with van der Waals surface area (Å²) in [5.74, 6) is -0.713. The standard InChI is InChI=1S/C26H21FN6O/c27-19-11-5-4-10-18(19)16-30-33-24(28)22(26(34)29-15-14-17-8-2-1-3-9-17)23-25(33)32-21-13-7-6-12-20(21)31-23/h1-13,16H,14-15,28H2,(H,29,34)/b30-16-. The van der Waals surface area contributed by atoms with E-state index in [-0.39, 0.29) is 22.9 Å². The van der Waals surface area contributed by atoms with E-state index in [0.717, 1.165) is 5.56 Å². The third-order valence-corrected chi connectivity index (χ3v) is 5.46. The van der Waals surface area contributed by atoms with Crippen LogP contribution in [0.15, 0.2) is 84.0 Å². The van der Waals surface area contributed by atoms with Crippen molar-refractivity contribution >= 4 is 40.1 Å². The van der Waals surface area contributed by atoms with Gasteiger partial charge in [0, 0.05) is 12.1 Å². The Morgan fingerprint density at radius 3 is 2.41 bits per heavy atom. The van der Waals surface area contributed by atoms with Gasteiger partial charge in [0.2, 0.25) is 0 Å². The molecule has 2 aromatic heterocycles. The summed E-state index contributed by atoms with van der Waals surface area (Å²) in [6, 6.07) is 23.4. The molecule has 3 N–H and O–H groups in total. The summed E-state index contributed by atoms with van der Waals surface area (Å²) in [6.45, 7) is 0.425. The Morgan fingerprint density at radius 2 is 1.65 bits per heavy atom. The molecule has 0 bridgehead atoms. The molecule has 5 aromatic rings. The number of nitrogens with zero attached hydrogens (tertiary/aromatic N) is 4. The molecule has 5 rings (SSSR count). The van der Waals surface area contributed by atoms with Crippen molar-refractivity contribution in [1.29, 1.82) is 0 Å². The van der Waals surface area contributed by atoms with Crippen molar-refractivity contribution in [2.24, 2.45) is 5.10 Å². The van der Waals surface area contributed by atoms with Crippen LogP contribution in [0.1, 0.15) is 21.5 Å². The minimum atomic E-state index is -0.420. The van der Waals surface area contributed by atoms with E-state index in [1.54, 1.807) is 18.2 Å². The van der Waals surface area contributed by atoms with Crippen LogP contribution in [-0.2, 0) is 6.42 Å². The number of nitrogens with one attached hydrogen (secondary N) is 1. The first-order chi connectivity index (χ1) is 16.6. The summed E-state index contributed by atoms with van der Waals surface area (Å²) in [6.07, 6.45) is 2.02. The Morgan fingerprint density at radius 1 is 0.971 bits per heavy atom. The van der Waals surface area contributed by atoms with Gasteiger partial charge in [0.1, 0.15) is 22.7 Å². The molecule has 0 saturated heterocycles. The molecular formula is C26H21FN6O. The van der Waals surface area contributed by atoms with E-state index in [2.05, 4.69) is 20.4 Å². The predicted molar refractivity (Wildman–Crippen MR) is 131 cm³/mol. The summed E-state index contributed by atoms with van der Waals surface area (Å²) in [4.78, 5) is 22.4. The topological polar surface area (TPSA) is 98.2 Å². The molecule has 0 fully saturated rings. The number of anilines is 1. The van der Waals surface area contributed by atoms with Crippen molar-refractivity contribution in [2.75, 3.05) is 12.3 Å². The SMILES string of the molecule is Nc1c(C(=O)NCCc2ccccc2)c2nc3ccccc3nc2n1/N=C\c1ccccc1F. The molecule has 2 heterocycles. The number of benzene rings is 3. The molecule has 3 aromatic carbocycles. The van der Waals surface area contributed by atoms with Gasteiger partial charge in [0.25, 0.3) is 5.91 Å². The molecule has 8 heteroatoms. The number of hydrogen-bond donors (Lipinski definition) is 2. The number of hydrogen-bond acceptors (Lipinski definition) is 5. The highest BCUT2D eigenvalue weighted by Gasteiger charge is 2.24. The Labute approximate surface area is 194 Å². The number of amides is 1. The minimum Gasteiger partial charge on any atom is -0.383 e. The van der Waals surface area contributed by atoms with E-state index in [1.165, 1.54) is 17.0 Å². The monoisotopic (exact) mass is 452 g/mol. The molecule has 0 saturated carbocycles. The van der Waals surface area contributed by atoms with Crippen LogP contribution in [0.25, 0.3) is 22.2 Å². The molecule has 0 radical (unpaired) electrons. The van der Waals surface area contributed by atoms with Gasteiger partial charge in [-0.05, 0) is 30.2 Å². The summed E-state index contributed by atoms with van der Waals surface area (Å²) in [5, 5.41) is 7.26. The zero-order valence-corrected chi connectivity index (χ0v) is 18.1. The second-order valence-corrected chi connectivity index (χ2v) is 7.71. The molecule has 0 unspecified atom stereocenters. The second kappa shape index (κ2) is 9.11. The molecule has 0 spiro atoms. The fourth-order valence-electron chi connectivity index (χ4n) is 3.74. The van der Waals surface area contributed by atoms with Crippen LogP contribution >= 0.6 is 0 Å². The maximum atomic E-state index is 14.1. The van der Waals surface area contributed by atoms with Gasteiger partial charge in [-0.2, -0.15) is 9.78 Å². The third kappa shape index (κ3) is 4.09. The summed E-state index contributed by atoms with van der Waals surface area (Å²) < 4.78 is 15.4. The molecule has 34 heavy (non-hydrogen) atoms. The van der Waals surface area contributed by atoms with E-state index < -0.39 is 5.82 Å². The molecule has 0 aliphatic heterocycles. The van der Waals surface area contributed by atoms with E-state index in [0.29, 0.717) is 35.2 Å². The largest absolute Gasteiger partial charge is 0.383 e. The zero-order valence-electron chi connectivity index (χ0n) is 18.1. The first-order valence-corrected chi connectivity index (χ1v) is 10.8. The van der Waals surface area contributed by atoms with Crippen LogP contribution in [0.4, 0.5) is 10.2 Å². The second-order valence-electron chi connectivity index (χ2n) is 7.71. The lowest BCUT2D eigenvalue weighted by Gasteiger charge is -2.05. The maximum absolute atomic E-state index is 14.1. The van der Waals surface area contributed by atoms with Crippen LogP contribution in [0.2, 0.25) is 0 Å². The predicted octanol–water partition coefficient (Wildman–Crippen LogP) is 4.16. The van der Waals surface area contributed by atoms with Gasteiger partial charge in [-0.1, -0.05) is 60.7 Å². The Kier molecular flexibility index (Phi) is 5.70. The Bertz CT molecular complexity index is 1530. The molecule has 0 aliphatic carbocycles. The van der Waals surface area contributed by atoms with Gasteiger partial charge >= 0.3 is 0 Å². The van der Waals surface area contributed by atoms with E-state index in [1.807, 2.05) is 54.6 Å². The molecular weight excluding hydrogens is 431 g/mol. The number of nitrogen functional groups attached to an aromatic ring is 1. The van der Waals surface area contributed by atoms with Gasteiger partial charge in [-0.15, -0.1) is 0 Å². The molecule has 1 amide bonds. The quantitative estimate of drug-likeness (QED) is 0.378. The Hall–Kier alpha value is -4.59. The van der Waals surface area contributed by atoms with Crippen LogP contribution in [0, 0.1) is 5.82 Å². The number of aromatic nitrogens is 3. The number of halogens is 1. The summed E-state index contributed by atoms with van der Waals surface area (Å²) in [7, 11) is 0. The third-order valence-electron chi connectivity index (χ3n) is 5.46. The van der Waals surface area contributed by atoms with Crippen LogP contribution in [0.5, 0.6) is 0 Å². The van der Waals surface area contributed by atoms with E-state index in [9.17, 15) is 9.18 Å². The number of fused-ring (bicyclic) bond motifs is 2. The molecule has 0 atom stereocenters. The fourth-order valence-corrected chi connectivity index (χ4v) is 3.74. The van der Waals surface area contributed by atoms with Crippen LogP contribution < -0.4 is 11.1 Å². The maximum Gasteiger partial charge on any atom is 0.257 e. The van der Waals surface area contributed by atoms with E-state index >= 15 is 0 Å². The molecule has 168 valence electrons. The first-order valence-electron chi connectivity index (χ1n) is 10.8. The van der Waals surface area contributed by atoms with Crippen molar-refractivity contribution < 1.29 is 9.18 Å². The number of carbonyl (C=O) groups is 1. The summed E-state index contributed by atoms with van der Waals surface area (Å²) in [5.41, 5.74) is 9.87. The highest BCUT2D eigenvalue weighted by atomic mass is 19.1. The average molecular weight is 452 g/mol. The highest BCUT2D eigenvalue weighted by Crippen LogP contribution is 2.27. The van der Waals surface area contributed by atoms with Crippen LogP contribution in [0.3, 0.4) is 0 Å². The lowest BCUT2D eigenvalue weighted by Crippen LogP contribution is -2.26. The normalized spacial score (nSPS) is 11.4. The van der Waals surface area contributed by atoms with Gasteiger partial charge in [-0.3, -0.25) is 4.79 Å². The smallest absolute Gasteiger partial charge is 0.257 e. The zero-order chi connectivity index (χ0) is 23.5. The van der Waals surface area contributed by atoms with Crippen molar-refractivity contribution in [1.82, 2.24) is 20.0 Å². The average Bonchev–Trinajstić information content (AvgIpc) is 3.12. The Balaban J connectivity index is 1.55. The fraction of sp³-hybridized carbons (Fsp3) is 0.0769. The van der Waals surface area contributed by atoms with Crippen LogP contribution in [-0.4, -0.2) is 33.3 Å². The molecule has 0 aliphatic rings. The summed E-state index contributed by atoms with van der Waals surface area (Å²) >= 11 is 0. The lowest BCUT2D eigenvalue weighted by atomic mass is 10.1. The lowest BCUT2D eigenvalue weighted by molar-refractivity contribution is 0.0956. The van der Waals surface area contributed by atoms with Gasteiger partial charge in [0.05, 0.1) is 17.2 Å². The van der Waals surface area contributed by atoms with Crippen molar-refractivity contribution in [2.45, 2.75) is 6.42 Å². The number of rotatable bonds is 6. The number of nitrogens with two attached hydrogens (primary N) is 1.